The molecule has 6 heteroatoms. The molecule has 2 N–H and O–H groups in total. The first-order chi connectivity index (χ1) is 8.74. The molecule has 1 aromatic rings. The van der Waals surface area contributed by atoms with E-state index in [1.165, 1.54) is 0 Å². The highest BCUT2D eigenvalue weighted by Gasteiger charge is 2.42. The zero-order chi connectivity index (χ0) is 14.4. The van der Waals surface area contributed by atoms with Gasteiger partial charge in [-0.3, -0.25) is 9.59 Å². The average molecular weight is 263 g/mol. The predicted molar refractivity (Wildman–Crippen MR) is 66.1 cm³/mol. The van der Waals surface area contributed by atoms with Gasteiger partial charge in [0.15, 0.2) is 5.60 Å². The number of hydrogen-bond acceptors (Lipinski definition) is 4. The minimum Gasteiger partial charge on any atom is -0.479 e. The molecule has 1 heterocycles. The molecule has 0 fully saturated rings. The van der Waals surface area contributed by atoms with Gasteiger partial charge in [0.25, 0.3) is 11.7 Å². The average Bonchev–Trinajstić information content (AvgIpc) is 2.54. The van der Waals surface area contributed by atoms with Gasteiger partial charge < -0.3 is 15.1 Å². The Balaban J connectivity index is 2.42. The molecule has 2 rings (SSSR count). The molecule has 0 aliphatic carbocycles. The number of carbonyl (C=O) groups excluding carboxylic acids is 2. The predicted octanol–water partition coefficient (Wildman–Crippen LogP) is 0.360. The lowest BCUT2D eigenvalue weighted by molar-refractivity contribution is -0.155. The summed E-state index contributed by atoms with van der Waals surface area (Å²) in [6, 6.07) is 4.86. The number of carboxylic acid groups (broad SMARTS) is 1. The number of hydrogen-bond donors (Lipinski definition) is 2. The van der Waals surface area contributed by atoms with Gasteiger partial charge in [-0.2, -0.15) is 0 Å². The summed E-state index contributed by atoms with van der Waals surface area (Å²) >= 11 is 0. The number of aryl methyl sites for hydroxylation is 1. The Labute approximate surface area is 109 Å². The van der Waals surface area contributed by atoms with Crippen LogP contribution in [0.15, 0.2) is 18.2 Å². The molecule has 6 nitrogen and oxygen atoms in total. The van der Waals surface area contributed by atoms with E-state index in [-0.39, 0.29) is 5.56 Å². The Morgan fingerprint density at radius 2 is 2.00 bits per heavy atom. The van der Waals surface area contributed by atoms with Crippen LogP contribution < -0.4 is 4.90 Å². The van der Waals surface area contributed by atoms with Crippen molar-refractivity contribution in [2.24, 2.45) is 0 Å². The summed E-state index contributed by atoms with van der Waals surface area (Å²) < 4.78 is 0. The van der Waals surface area contributed by atoms with Crippen molar-refractivity contribution < 1.29 is 24.6 Å². The molecule has 19 heavy (non-hydrogen) atoms. The number of carboxylic acids is 1. The highest BCUT2D eigenvalue weighted by Crippen LogP contribution is 2.30. The van der Waals surface area contributed by atoms with Crippen LogP contribution in [0.25, 0.3) is 0 Å². The molecule has 1 amide bonds. The van der Waals surface area contributed by atoms with Crippen LogP contribution >= 0.6 is 0 Å². The molecule has 0 radical (unpaired) electrons. The summed E-state index contributed by atoms with van der Waals surface area (Å²) in [4.78, 5) is 35.5. The Bertz CT molecular complexity index is 591. The highest BCUT2D eigenvalue weighted by atomic mass is 16.4. The van der Waals surface area contributed by atoms with Crippen molar-refractivity contribution >= 4 is 23.3 Å². The zero-order valence-electron chi connectivity index (χ0n) is 10.5. The van der Waals surface area contributed by atoms with E-state index < -0.39 is 29.8 Å². The van der Waals surface area contributed by atoms with E-state index in [9.17, 15) is 19.5 Å². The molecule has 100 valence electrons. The van der Waals surface area contributed by atoms with E-state index in [0.29, 0.717) is 5.69 Å². The Morgan fingerprint density at radius 1 is 1.37 bits per heavy atom. The van der Waals surface area contributed by atoms with Crippen LogP contribution in [0.1, 0.15) is 22.8 Å². The molecular formula is C13H13NO5. The number of β-amino-alcohol motifs (C(OH)–C–C–N with tert-alkyl or cyclic N) is 1. The largest absolute Gasteiger partial charge is 0.479 e. The van der Waals surface area contributed by atoms with Gasteiger partial charge in [-0.15, -0.1) is 0 Å². The summed E-state index contributed by atoms with van der Waals surface area (Å²) in [7, 11) is 0. The van der Waals surface area contributed by atoms with Crippen molar-refractivity contribution in [2.75, 3.05) is 11.4 Å². The number of aliphatic hydroxyl groups is 1. The van der Waals surface area contributed by atoms with Gasteiger partial charge in [-0.05, 0) is 26.0 Å². The van der Waals surface area contributed by atoms with Crippen LogP contribution in [-0.2, 0) is 9.59 Å². The zero-order valence-corrected chi connectivity index (χ0v) is 10.5. The molecule has 0 spiro atoms. The molecule has 0 bridgehead atoms. The fourth-order valence-corrected chi connectivity index (χ4v) is 1.95. The number of fused-ring (bicyclic) bond motifs is 1. The smallest absolute Gasteiger partial charge is 0.337 e. The number of aliphatic carboxylic acids is 1. The Hall–Kier alpha value is -2.21. The van der Waals surface area contributed by atoms with Crippen LogP contribution in [0.5, 0.6) is 0 Å². The monoisotopic (exact) mass is 263 g/mol. The van der Waals surface area contributed by atoms with Crippen LogP contribution in [-0.4, -0.2) is 40.0 Å². The Morgan fingerprint density at radius 3 is 2.58 bits per heavy atom. The van der Waals surface area contributed by atoms with E-state index in [2.05, 4.69) is 0 Å². The van der Waals surface area contributed by atoms with Gasteiger partial charge in [0, 0.05) is 0 Å². The van der Waals surface area contributed by atoms with Crippen molar-refractivity contribution in [2.45, 2.75) is 19.4 Å². The van der Waals surface area contributed by atoms with Crippen molar-refractivity contribution in [3.63, 3.8) is 0 Å². The normalized spacial score (nSPS) is 17.3. The van der Waals surface area contributed by atoms with E-state index in [4.69, 9.17) is 5.11 Å². The summed E-state index contributed by atoms with van der Waals surface area (Å²) in [5, 5.41) is 18.6. The lowest BCUT2D eigenvalue weighted by Gasteiger charge is -2.25. The maximum absolute atomic E-state index is 11.8. The molecule has 1 aliphatic heterocycles. The first kappa shape index (κ1) is 13.2. The van der Waals surface area contributed by atoms with Crippen LogP contribution in [0.2, 0.25) is 0 Å². The molecule has 1 aromatic carbocycles. The maximum Gasteiger partial charge on any atom is 0.337 e. The fourth-order valence-electron chi connectivity index (χ4n) is 1.95. The number of benzene rings is 1. The Kier molecular flexibility index (Phi) is 2.90. The third-order valence-electron chi connectivity index (χ3n) is 3.05. The van der Waals surface area contributed by atoms with Gasteiger partial charge >= 0.3 is 5.97 Å². The van der Waals surface area contributed by atoms with Crippen molar-refractivity contribution in [3.8, 4) is 0 Å². The van der Waals surface area contributed by atoms with Gasteiger partial charge in [0.05, 0.1) is 17.8 Å². The van der Waals surface area contributed by atoms with Gasteiger partial charge in [0.2, 0.25) is 0 Å². The summed E-state index contributed by atoms with van der Waals surface area (Å²) in [5.74, 6) is -2.95. The second-order valence-corrected chi connectivity index (χ2v) is 4.82. The van der Waals surface area contributed by atoms with Crippen molar-refractivity contribution in [1.82, 2.24) is 0 Å². The SMILES string of the molecule is Cc1ccc2c(c1)C(=O)C(=O)N2CC(C)(O)C(=O)O. The molecule has 0 saturated heterocycles. The first-order valence-electron chi connectivity index (χ1n) is 5.66. The molecule has 1 aliphatic rings. The number of anilines is 1. The van der Waals surface area contributed by atoms with E-state index in [1.807, 2.05) is 0 Å². The quantitative estimate of drug-likeness (QED) is 0.768. The third kappa shape index (κ3) is 2.10. The summed E-state index contributed by atoms with van der Waals surface area (Å²) in [5.41, 5.74) is -0.706. The molecule has 0 aromatic heterocycles. The first-order valence-corrected chi connectivity index (χ1v) is 5.66. The van der Waals surface area contributed by atoms with Gasteiger partial charge in [0.1, 0.15) is 0 Å². The number of carbonyl (C=O) groups is 3. The van der Waals surface area contributed by atoms with Crippen molar-refractivity contribution in [3.05, 3.63) is 29.3 Å². The maximum atomic E-state index is 11.8. The molecule has 1 atom stereocenters. The number of nitrogens with zero attached hydrogens (tertiary/aromatic N) is 1. The lowest BCUT2D eigenvalue weighted by Crippen LogP contribution is -2.48. The standard InChI is InChI=1S/C13H13NO5/c1-7-3-4-9-8(5-7)10(15)11(16)14(9)6-13(2,19)12(17)18/h3-5,19H,6H2,1-2H3,(H,17,18). The summed E-state index contributed by atoms with van der Waals surface area (Å²) in [6.45, 7) is 2.40. The highest BCUT2D eigenvalue weighted by molar-refractivity contribution is 6.52. The van der Waals surface area contributed by atoms with Crippen molar-refractivity contribution in [1.29, 1.82) is 0 Å². The summed E-state index contributed by atoms with van der Waals surface area (Å²) in [6.07, 6.45) is 0. The van der Waals surface area contributed by atoms with Crippen LogP contribution in [0.3, 0.4) is 0 Å². The topological polar surface area (TPSA) is 94.9 Å². The third-order valence-corrected chi connectivity index (χ3v) is 3.05. The van der Waals surface area contributed by atoms with E-state index in [1.54, 1.807) is 25.1 Å². The number of ketones is 1. The van der Waals surface area contributed by atoms with E-state index >= 15 is 0 Å². The fraction of sp³-hybridized carbons (Fsp3) is 0.308. The van der Waals surface area contributed by atoms with E-state index in [0.717, 1.165) is 17.4 Å². The number of Topliss-reactive ketones (excluding diaryl/α,β-unsaturated/α-hetero) is 1. The second kappa shape index (κ2) is 4.17. The molecule has 1 unspecified atom stereocenters. The van der Waals surface area contributed by atoms with Gasteiger partial charge in [-0.25, -0.2) is 4.79 Å². The van der Waals surface area contributed by atoms with Crippen LogP contribution in [0, 0.1) is 6.92 Å². The number of rotatable bonds is 3. The molecule has 0 saturated carbocycles. The van der Waals surface area contributed by atoms with Crippen LogP contribution in [0.4, 0.5) is 5.69 Å². The van der Waals surface area contributed by atoms with Gasteiger partial charge in [-0.1, -0.05) is 11.6 Å². The lowest BCUT2D eigenvalue weighted by atomic mass is 10.1. The second-order valence-electron chi connectivity index (χ2n) is 4.82. The minimum atomic E-state index is -2.11. The molecular weight excluding hydrogens is 250 g/mol. The number of amides is 1. The minimum absolute atomic E-state index is 0.242.